The Labute approximate surface area is 188 Å². The maximum atomic E-state index is 13.4. The molecule has 0 bridgehead atoms. The minimum atomic E-state index is -4.53. The van der Waals surface area contributed by atoms with Crippen molar-refractivity contribution in [2.24, 2.45) is 0 Å². The van der Waals surface area contributed by atoms with E-state index in [0.717, 1.165) is 29.2 Å². The van der Waals surface area contributed by atoms with Crippen LogP contribution in [0.15, 0.2) is 84.6 Å². The number of amides is 2. The van der Waals surface area contributed by atoms with Crippen LogP contribution in [-0.2, 0) is 15.8 Å². The lowest BCUT2D eigenvalue weighted by Crippen LogP contribution is -2.32. The number of imide groups is 1. The molecule has 0 fully saturated rings. The van der Waals surface area contributed by atoms with Gasteiger partial charge in [0.1, 0.15) is 11.4 Å². The maximum absolute atomic E-state index is 13.4. The molecule has 168 valence electrons. The van der Waals surface area contributed by atoms with Crippen molar-refractivity contribution in [2.75, 3.05) is 16.8 Å². The van der Waals surface area contributed by atoms with E-state index in [1.54, 1.807) is 54.6 Å². The number of hydrogen-bond donors (Lipinski definition) is 1. The third-order valence-corrected chi connectivity index (χ3v) is 5.05. The van der Waals surface area contributed by atoms with Gasteiger partial charge in [0.2, 0.25) is 0 Å². The molecule has 1 aliphatic rings. The van der Waals surface area contributed by atoms with Gasteiger partial charge in [-0.2, -0.15) is 13.2 Å². The summed E-state index contributed by atoms with van der Waals surface area (Å²) in [7, 11) is 0. The number of carbonyl (C=O) groups excluding carboxylic acids is 2. The van der Waals surface area contributed by atoms with Gasteiger partial charge in [0.15, 0.2) is 0 Å². The van der Waals surface area contributed by atoms with Crippen molar-refractivity contribution in [3.05, 3.63) is 95.7 Å². The van der Waals surface area contributed by atoms with Gasteiger partial charge < -0.3 is 10.1 Å². The highest BCUT2D eigenvalue weighted by Crippen LogP contribution is 2.37. The standard InChI is InChI=1S/C25H19F3N2O3/c1-2-33-20-11-7-6-10-19(20)29-22-21(16-8-4-3-5-9-16)23(31)30(24(22)32)18-14-12-17(13-15-18)25(26,27)28/h3-15,29H,2H2,1H3. The first-order chi connectivity index (χ1) is 15.8. The molecule has 0 aliphatic carbocycles. The number of hydrogen-bond acceptors (Lipinski definition) is 4. The second-order valence-corrected chi connectivity index (χ2v) is 7.16. The summed E-state index contributed by atoms with van der Waals surface area (Å²) >= 11 is 0. The summed E-state index contributed by atoms with van der Waals surface area (Å²) in [4.78, 5) is 27.6. The topological polar surface area (TPSA) is 58.6 Å². The molecule has 0 saturated heterocycles. The molecule has 8 heteroatoms. The lowest BCUT2D eigenvalue weighted by Gasteiger charge is -2.17. The Bertz CT molecular complexity index is 1220. The molecule has 0 atom stereocenters. The van der Waals surface area contributed by atoms with Crippen LogP contribution in [0.2, 0.25) is 0 Å². The van der Waals surface area contributed by atoms with Crippen LogP contribution in [-0.4, -0.2) is 18.4 Å². The molecule has 0 saturated carbocycles. The van der Waals surface area contributed by atoms with Gasteiger partial charge >= 0.3 is 6.18 Å². The predicted molar refractivity (Wildman–Crippen MR) is 119 cm³/mol. The Morgan fingerprint density at radius 2 is 1.48 bits per heavy atom. The number of carbonyl (C=O) groups is 2. The molecule has 3 aromatic rings. The lowest BCUT2D eigenvalue weighted by atomic mass is 10.0. The molecule has 0 radical (unpaired) electrons. The van der Waals surface area contributed by atoms with Crippen LogP contribution in [0.25, 0.3) is 5.57 Å². The van der Waals surface area contributed by atoms with E-state index in [-0.39, 0.29) is 17.0 Å². The molecular weight excluding hydrogens is 433 g/mol. The lowest BCUT2D eigenvalue weighted by molar-refractivity contribution is -0.137. The fraction of sp³-hybridized carbons (Fsp3) is 0.120. The number of nitrogens with one attached hydrogen (secondary N) is 1. The van der Waals surface area contributed by atoms with Gasteiger partial charge in [-0.1, -0.05) is 42.5 Å². The number of benzene rings is 3. The Morgan fingerprint density at radius 1 is 0.848 bits per heavy atom. The zero-order valence-corrected chi connectivity index (χ0v) is 17.5. The summed E-state index contributed by atoms with van der Waals surface area (Å²) in [5.41, 5.74) is 0.289. The van der Waals surface area contributed by atoms with Gasteiger partial charge in [-0.3, -0.25) is 9.59 Å². The predicted octanol–water partition coefficient (Wildman–Crippen LogP) is 5.50. The minimum absolute atomic E-state index is 0.0123. The number of halogens is 3. The summed E-state index contributed by atoms with van der Waals surface area (Å²) < 4.78 is 44.5. The fourth-order valence-corrected chi connectivity index (χ4v) is 3.54. The van der Waals surface area contributed by atoms with Crippen LogP contribution in [0.4, 0.5) is 24.5 Å². The molecule has 1 heterocycles. The Hall–Kier alpha value is -4.07. The van der Waals surface area contributed by atoms with E-state index in [9.17, 15) is 22.8 Å². The molecule has 0 spiro atoms. The van der Waals surface area contributed by atoms with E-state index in [2.05, 4.69) is 5.32 Å². The second kappa shape index (κ2) is 8.82. The van der Waals surface area contributed by atoms with Crippen LogP contribution < -0.4 is 15.0 Å². The Balaban J connectivity index is 1.78. The van der Waals surface area contributed by atoms with E-state index in [4.69, 9.17) is 4.74 Å². The van der Waals surface area contributed by atoms with E-state index in [1.807, 2.05) is 6.92 Å². The van der Waals surface area contributed by atoms with E-state index < -0.39 is 23.6 Å². The second-order valence-electron chi connectivity index (χ2n) is 7.16. The third-order valence-electron chi connectivity index (χ3n) is 5.05. The molecule has 3 aromatic carbocycles. The van der Waals surface area contributed by atoms with Crippen LogP contribution in [0.3, 0.4) is 0 Å². The Kier molecular flexibility index (Phi) is 5.91. The van der Waals surface area contributed by atoms with Crippen molar-refractivity contribution in [1.82, 2.24) is 0 Å². The highest BCUT2D eigenvalue weighted by molar-refractivity contribution is 6.46. The van der Waals surface area contributed by atoms with Crippen LogP contribution in [0, 0.1) is 0 Å². The Morgan fingerprint density at radius 3 is 2.12 bits per heavy atom. The van der Waals surface area contributed by atoms with Gasteiger partial charge in [0, 0.05) is 0 Å². The number of nitrogens with zero attached hydrogens (tertiary/aromatic N) is 1. The molecule has 1 N–H and O–H groups in total. The van der Waals surface area contributed by atoms with Crippen molar-refractivity contribution in [3.8, 4) is 5.75 Å². The van der Waals surface area contributed by atoms with Crippen molar-refractivity contribution in [1.29, 1.82) is 0 Å². The highest BCUT2D eigenvalue weighted by Gasteiger charge is 2.41. The smallest absolute Gasteiger partial charge is 0.416 e. The first kappa shape index (κ1) is 22.1. The number of anilines is 2. The van der Waals surface area contributed by atoms with Crippen LogP contribution in [0.1, 0.15) is 18.1 Å². The number of ether oxygens (including phenoxy) is 1. The first-order valence-corrected chi connectivity index (χ1v) is 10.2. The van der Waals surface area contributed by atoms with Gasteiger partial charge in [-0.25, -0.2) is 4.90 Å². The quantitative estimate of drug-likeness (QED) is 0.502. The molecule has 33 heavy (non-hydrogen) atoms. The molecule has 1 aliphatic heterocycles. The van der Waals surface area contributed by atoms with Crippen LogP contribution in [0.5, 0.6) is 5.75 Å². The fourth-order valence-electron chi connectivity index (χ4n) is 3.54. The van der Waals surface area contributed by atoms with Gasteiger partial charge in [0.05, 0.1) is 29.1 Å². The van der Waals surface area contributed by atoms with Gasteiger partial charge in [-0.05, 0) is 48.9 Å². The summed E-state index contributed by atoms with van der Waals surface area (Å²) in [6.45, 7) is 2.22. The van der Waals surface area contributed by atoms with E-state index in [0.29, 0.717) is 23.6 Å². The zero-order valence-electron chi connectivity index (χ0n) is 17.5. The molecule has 0 aromatic heterocycles. The van der Waals surface area contributed by atoms with Gasteiger partial charge in [0.25, 0.3) is 11.8 Å². The average molecular weight is 452 g/mol. The zero-order chi connectivity index (χ0) is 23.6. The first-order valence-electron chi connectivity index (χ1n) is 10.2. The highest BCUT2D eigenvalue weighted by atomic mass is 19.4. The van der Waals surface area contributed by atoms with Crippen molar-refractivity contribution < 1.29 is 27.5 Å². The number of alkyl halides is 3. The monoisotopic (exact) mass is 452 g/mol. The van der Waals surface area contributed by atoms with Crippen LogP contribution >= 0.6 is 0 Å². The number of rotatable bonds is 6. The van der Waals surface area contributed by atoms with Gasteiger partial charge in [-0.15, -0.1) is 0 Å². The average Bonchev–Trinajstić information content (AvgIpc) is 3.04. The summed E-state index contributed by atoms with van der Waals surface area (Å²) in [6.07, 6.45) is -4.53. The molecule has 0 unspecified atom stereocenters. The minimum Gasteiger partial charge on any atom is -0.492 e. The summed E-state index contributed by atoms with van der Waals surface area (Å²) in [6, 6.07) is 19.5. The SMILES string of the molecule is CCOc1ccccc1NC1=C(c2ccccc2)C(=O)N(c2ccc(C(F)(F)F)cc2)C1=O. The molecule has 4 rings (SSSR count). The molecular formula is C25H19F3N2O3. The third kappa shape index (κ3) is 4.32. The molecule has 5 nitrogen and oxygen atoms in total. The van der Waals surface area contributed by atoms with Crippen molar-refractivity contribution >= 4 is 28.8 Å². The van der Waals surface area contributed by atoms with E-state index >= 15 is 0 Å². The maximum Gasteiger partial charge on any atom is 0.416 e. The normalized spacial score (nSPS) is 14.1. The van der Waals surface area contributed by atoms with E-state index in [1.165, 1.54) is 0 Å². The molecule has 2 amide bonds. The van der Waals surface area contributed by atoms with Crippen molar-refractivity contribution in [2.45, 2.75) is 13.1 Å². The summed E-state index contributed by atoms with van der Waals surface area (Å²) in [5.74, 6) is -0.819. The van der Waals surface area contributed by atoms with Crippen molar-refractivity contribution in [3.63, 3.8) is 0 Å². The largest absolute Gasteiger partial charge is 0.492 e. The number of para-hydroxylation sites is 2. The summed E-state index contributed by atoms with van der Waals surface area (Å²) in [5, 5.41) is 3.02.